The number of hydrogen-bond donors (Lipinski definition) is 2. The quantitative estimate of drug-likeness (QED) is 0.851. The van der Waals surface area contributed by atoms with E-state index in [1.165, 1.54) is 7.11 Å². The molecule has 0 bridgehead atoms. The van der Waals surface area contributed by atoms with Crippen LogP contribution in [0.4, 0.5) is 11.4 Å². The van der Waals surface area contributed by atoms with Gasteiger partial charge in [0.15, 0.2) is 5.75 Å². The lowest BCUT2D eigenvalue weighted by Crippen LogP contribution is -2.14. The number of anilines is 2. The van der Waals surface area contributed by atoms with Crippen molar-refractivity contribution in [1.29, 1.82) is 0 Å². The van der Waals surface area contributed by atoms with E-state index in [-0.39, 0.29) is 5.91 Å². The van der Waals surface area contributed by atoms with Gasteiger partial charge in [-0.05, 0) is 36.8 Å². The maximum atomic E-state index is 12.3. The molecule has 104 valence electrons. The van der Waals surface area contributed by atoms with Crippen molar-refractivity contribution in [3.63, 3.8) is 0 Å². The molecule has 0 heterocycles. The number of carbonyl (C=O) groups excluding carboxylic acids is 1. The second-order valence-electron chi connectivity index (χ2n) is 4.37. The summed E-state index contributed by atoms with van der Waals surface area (Å²) < 4.78 is 5.17. The normalized spacial score (nSPS) is 10.2. The van der Waals surface area contributed by atoms with E-state index in [9.17, 15) is 4.79 Å². The van der Waals surface area contributed by atoms with Crippen LogP contribution in [0.2, 0.25) is 5.02 Å². The molecule has 0 aliphatic carbocycles. The molecule has 4 nitrogen and oxygen atoms in total. The molecule has 0 spiro atoms. The number of amides is 1. The summed E-state index contributed by atoms with van der Waals surface area (Å²) >= 11 is 6.06. The Balaban J connectivity index is 2.33. The molecule has 5 heteroatoms. The SMILES string of the molecule is COc1c(N)cccc1C(=O)Nc1cc(C)ccc1Cl. The molecule has 1 amide bonds. The molecule has 0 saturated heterocycles. The molecule has 2 aromatic rings. The fourth-order valence-corrected chi connectivity index (χ4v) is 2.05. The van der Waals surface area contributed by atoms with Crippen molar-refractivity contribution in [2.75, 3.05) is 18.2 Å². The van der Waals surface area contributed by atoms with Crippen molar-refractivity contribution in [3.05, 3.63) is 52.5 Å². The minimum Gasteiger partial charge on any atom is -0.494 e. The summed E-state index contributed by atoms with van der Waals surface area (Å²) in [6, 6.07) is 10.4. The molecule has 0 fully saturated rings. The number of benzene rings is 2. The van der Waals surface area contributed by atoms with Crippen LogP contribution in [0.15, 0.2) is 36.4 Å². The van der Waals surface area contributed by atoms with Gasteiger partial charge in [0.05, 0.1) is 29.1 Å². The van der Waals surface area contributed by atoms with Gasteiger partial charge in [-0.1, -0.05) is 23.7 Å². The van der Waals surface area contributed by atoms with E-state index in [4.69, 9.17) is 22.1 Å². The van der Waals surface area contributed by atoms with Crippen LogP contribution in [0.5, 0.6) is 5.75 Å². The van der Waals surface area contributed by atoms with E-state index in [1.807, 2.05) is 13.0 Å². The van der Waals surface area contributed by atoms with Crippen molar-refractivity contribution < 1.29 is 9.53 Å². The number of nitrogens with two attached hydrogens (primary N) is 1. The summed E-state index contributed by atoms with van der Waals surface area (Å²) in [6.45, 7) is 1.92. The van der Waals surface area contributed by atoms with Crippen molar-refractivity contribution >= 4 is 28.9 Å². The monoisotopic (exact) mass is 290 g/mol. The zero-order valence-electron chi connectivity index (χ0n) is 11.2. The number of rotatable bonds is 3. The van der Waals surface area contributed by atoms with Gasteiger partial charge < -0.3 is 15.8 Å². The van der Waals surface area contributed by atoms with E-state index in [0.29, 0.717) is 27.7 Å². The predicted molar refractivity (Wildman–Crippen MR) is 81.5 cm³/mol. The molecule has 3 N–H and O–H groups in total. The highest BCUT2D eigenvalue weighted by atomic mass is 35.5. The van der Waals surface area contributed by atoms with Crippen molar-refractivity contribution in [3.8, 4) is 5.75 Å². The molecular formula is C15H15ClN2O2. The molecule has 0 aliphatic heterocycles. The van der Waals surface area contributed by atoms with E-state index < -0.39 is 0 Å². The fourth-order valence-electron chi connectivity index (χ4n) is 1.89. The van der Waals surface area contributed by atoms with Crippen LogP contribution >= 0.6 is 11.6 Å². The molecule has 2 rings (SSSR count). The predicted octanol–water partition coefficient (Wildman–Crippen LogP) is 3.49. The number of carbonyl (C=O) groups is 1. The number of para-hydroxylation sites is 1. The van der Waals surface area contributed by atoms with Gasteiger partial charge in [-0.25, -0.2) is 0 Å². The second-order valence-corrected chi connectivity index (χ2v) is 4.77. The van der Waals surface area contributed by atoms with Gasteiger partial charge in [-0.3, -0.25) is 4.79 Å². The largest absolute Gasteiger partial charge is 0.494 e. The van der Waals surface area contributed by atoms with Gasteiger partial charge in [0.2, 0.25) is 0 Å². The standard InChI is InChI=1S/C15H15ClN2O2/c1-9-6-7-11(16)13(8-9)18-15(19)10-4-3-5-12(17)14(10)20-2/h3-8H,17H2,1-2H3,(H,18,19). The topological polar surface area (TPSA) is 64.3 Å². The summed E-state index contributed by atoms with van der Waals surface area (Å²) in [5.74, 6) is 0.0374. The zero-order chi connectivity index (χ0) is 14.7. The van der Waals surface area contributed by atoms with Gasteiger partial charge >= 0.3 is 0 Å². The lowest BCUT2D eigenvalue weighted by atomic mass is 10.1. The first kappa shape index (κ1) is 14.2. The molecule has 0 atom stereocenters. The number of halogens is 1. The Bertz CT molecular complexity index is 656. The zero-order valence-corrected chi connectivity index (χ0v) is 12.0. The maximum Gasteiger partial charge on any atom is 0.259 e. The van der Waals surface area contributed by atoms with Crippen molar-refractivity contribution in [1.82, 2.24) is 0 Å². The van der Waals surface area contributed by atoms with Crippen LogP contribution < -0.4 is 15.8 Å². The molecule has 2 aromatic carbocycles. The second kappa shape index (κ2) is 5.84. The van der Waals surface area contributed by atoms with Crippen LogP contribution in [0.3, 0.4) is 0 Å². The Labute approximate surface area is 122 Å². The van der Waals surface area contributed by atoms with E-state index >= 15 is 0 Å². The van der Waals surface area contributed by atoms with Crippen LogP contribution in [0.1, 0.15) is 15.9 Å². The average Bonchev–Trinajstić information content (AvgIpc) is 2.42. The van der Waals surface area contributed by atoms with E-state index in [1.54, 1.807) is 30.3 Å². The average molecular weight is 291 g/mol. The third-order valence-corrected chi connectivity index (χ3v) is 3.19. The van der Waals surface area contributed by atoms with E-state index in [0.717, 1.165) is 5.56 Å². The Hall–Kier alpha value is -2.20. The highest BCUT2D eigenvalue weighted by molar-refractivity contribution is 6.34. The lowest BCUT2D eigenvalue weighted by molar-refractivity contribution is 0.102. The first-order chi connectivity index (χ1) is 9.52. The fraction of sp³-hybridized carbons (Fsp3) is 0.133. The molecule has 0 saturated carbocycles. The third-order valence-electron chi connectivity index (χ3n) is 2.86. The third kappa shape index (κ3) is 2.86. The molecule has 0 aliphatic rings. The van der Waals surface area contributed by atoms with Gasteiger partial charge in [0, 0.05) is 0 Å². The Morgan fingerprint density at radius 2 is 2.05 bits per heavy atom. The molecule has 20 heavy (non-hydrogen) atoms. The Morgan fingerprint density at radius 3 is 2.75 bits per heavy atom. The maximum absolute atomic E-state index is 12.3. The number of aryl methyl sites for hydroxylation is 1. The first-order valence-corrected chi connectivity index (χ1v) is 6.40. The molecule has 0 aromatic heterocycles. The van der Waals surface area contributed by atoms with Gasteiger partial charge in [-0.2, -0.15) is 0 Å². The smallest absolute Gasteiger partial charge is 0.259 e. The van der Waals surface area contributed by atoms with Crippen LogP contribution in [-0.2, 0) is 0 Å². The highest BCUT2D eigenvalue weighted by Gasteiger charge is 2.15. The van der Waals surface area contributed by atoms with Crippen LogP contribution in [-0.4, -0.2) is 13.0 Å². The van der Waals surface area contributed by atoms with E-state index in [2.05, 4.69) is 5.32 Å². The first-order valence-electron chi connectivity index (χ1n) is 6.03. The Morgan fingerprint density at radius 1 is 1.30 bits per heavy atom. The number of nitrogens with one attached hydrogen (secondary N) is 1. The number of nitrogen functional groups attached to an aromatic ring is 1. The van der Waals surface area contributed by atoms with Crippen LogP contribution in [0, 0.1) is 6.92 Å². The Kier molecular flexibility index (Phi) is 4.15. The summed E-state index contributed by atoms with van der Waals surface area (Å²) in [5.41, 5.74) is 8.12. The summed E-state index contributed by atoms with van der Waals surface area (Å²) in [5, 5.41) is 3.24. The minimum atomic E-state index is -0.318. The summed E-state index contributed by atoms with van der Waals surface area (Å²) in [7, 11) is 1.47. The van der Waals surface area contributed by atoms with Gasteiger partial charge in [-0.15, -0.1) is 0 Å². The number of hydrogen-bond acceptors (Lipinski definition) is 3. The number of methoxy groups -OCH3 is 1. The van der Waals surface area contributed by atoms with Crippen molar-refractivity contribution in [2.24, 2.45) is 0 Å². The van der Waals surface area contributed by atoms with Gasteiger partial charge in [0.25, 0.3) is 5.91 Å². The van der Waals surface area contributed by atoms with Crippen molar-refractivity contribution in [2.45, 2.75) is 6.92 Å². The number of ether oxygens (including phenoxy) is 1. The molecular weight excluding hydrogens is 276 g/mol. The molecule has 0 radical (unpaired) electrons. The highest BCUT2D eigenvalue weighted by Crippen LogP contribution is 2.28. The summed E-state index contributed by atoms with van der Waals surface area (Å²) in [4.78, 5) is 12.3. The minimum absolute atomic E-state index is 0.318. The van der Waals surface area contributed by atoms with Crippen LogP contribution in [0.25, 0.3) is 0 Å². The summed E-state index contributed by atoms with van der Waals surface area (Å²) in [6.07, 6.45) is 0. The molecule has 0 unspecified atom stereocenters. The van der Waals surface area contributed by atoms with Gasteiger partial charge in [0.1, 0.15) is 0 Å². The lowest BCUT2D eigenvalue weighted by Gasteiger charge is -2.12.